The van der Waals surface area contributed by atoms with Crippen LogP contribution in [0.1, 0.15) is 42.8 Å². The number of rotatable bonds is 7. The average molecular weight is 385 g/mol. The first-order valence-electron chi connectivity index (χ1n) is 8.10. The lowest BCUT2D eigenvalue weighted by molar-refractivity contribution is 0.0990. The normalized spacial score (nSPS) is 10.8. The minimum Gasteiger partial charge on any atom is -0.383 e. The van der Waals surface area contributed by atoms with Gasteiger partial charge in [-0.25, -0.2) is 4.79 Å². The van der Waals surface area contributed by atoms with Crippen LogP contribution in [-0.4, -0.2) is 22.0 Å². The highest BCUT2D eigenvalue weighted by molar-refractivity contribution is 7.18. The molecule has 0 radical (unpaired) electrons. The van der Waals surface area contributed by atoms with Gasteiger partial charge >= 0.3 is 5.69 Å². The second-order valence-corrected chi connectivity index (χ2v) is 7.27. The van der Waals surface area contributed by atoms with Gasteiger partial charge in [-0.05, 0) is 25.0 Å². The minimum atomic E-state index is -0.665. The Hall–Kier alpha value is -2.06. The van der Waals surface area contributed by atoms with Crippen LogP contribution in [0.15, 0.2) is 21.7 Å². The van der Waals surface area contributed by atoms with Gasteiger partial charge in [-0.2, -0.15) is 0 Å². The molecule has 0 aliphatic heterocycles. The monoisotopic (exact) mass is 384 g/mol. The zero-order valence-corrected chi connectivity index (χ0v) is 15.7. The first-order chi connectivity index (χ1) is 11.9. The largest absolute Gasteiger partial charge is 0.383 e. The molecule has 0 saturated carbocycles. The number of nitrogens with one attached hydrogen (secondary N) is 1. The number of nitrogens with two attached hydrogens (primary N) is 1. The molecule has 0 aliphatic carbocycles. The number of aromatic nitrogens is 2. The number of carbonyl (C=O) groups is 1. The quantitative estimate of drug-likeness (QED) is 0.766. The summed E-state index contributed by atoms with van der Waals surface area (Å²) >= 11 is 7.05. The second-order valence-electron chi connectivity index (χ2n) is 5.56. The fourth-order valence-electron chi connectivity index (χ4n) is 2.48. The van der Waals surface area contributed by atoms with Crippen molar-refractivity contribution < 1.29 is 4.79 Å². The first-order valence-corrected chi connectivity index (χ1v) is 9.29. The summed E-state index contributed by atoms with van der Waals surface area (Å²) in [6.45, 7) is 4.55. The molecule has 0 aliphatic rings. The maximum atomic E-state index is 12.9. The number of H-pyrrole nitrogens is 1. The zero-order valence-electron chi connectivity index (χ0n) is 14.2. The number of nitrogen functional groups attached to an aromatic ring is 1. The van der Waals surface area contributed by atoms with Crippen LogP contribution in [-0.2, 0) is 6.54 Å². The molecule has 0 unspecified atom stereocenters. The van der Waals surface area contributed by atoms with Crippen molar-refractivity contribution in [3.63, 3.8) is 0 Å². The molecule has 9 heteroatoms. The van der Waals surface area contributed by atoms with E-state index in [2.05, 4.69) is 4.98 Å². The Morgan fingerprint density at radius 2 is 2.04 bits per heavy atom. The minimum absolute atomic E-state index is 0.00251. The van der Waals surface area contributed by atoms with Crippen LogP contribution in [0.25, 0.3) is 0 Å². The number of thiophene rings is 1. The average Bonchev–Trinajstić information content (AvgIpc) is 3.00. The van der Waals surface area contributed by atoms with Gasteiger partial charge in [0.1, 0.15) is 5.82 Å². The van der Waals surface area contributed by atoms with Crippen LogP contribution in [0.3, 0.4) is 0 Å². The van der Waals surface area contributed by atoms with Gasteiger partial charge < -0.3 is 5.73 Å². The smallest absolute Gasteiger partial charge is 0.330 e. The molecule has 0 aromatic carbocycles. The summed E-state index contributed by atoms with van der Waals surface area (Å²) in [5, 5.41) is 0. The third kappa shape index (κ3) is 4.13. The van der Waals surface area contributed by atoms with Crippen LogP contribution in [0.2, 0.25) is 4.34 Å². The lowest BCUT2D eigenvalue weighted by atomic mass is 10.2. The Balaban J connectivity index is 2.58. The Labute approximate surface area is 154 Å². The molecule has 3 N–H and O–H groups in total. The maximum absolute atomic E-state index is 12.9. The van der Waals surface area contributed by atoms with Crippen molar-refractivity contribution in [3.05, 3.63) is 42.2 Å². The van der Waals surface area contributed by atoms with E-state index in [0.29, 0.717) is 35.1 Å². The summed E-state index contributed by atoms with van der Waals surface area (Å²) in [7, 11) is 0. The second kappa shape index (κ2) is 8.35. The number of hydrogen-bond donors (Lipinski definition) is 2. The van der Waals surface area contributed by atoms with Crippen LogP contribution in [0.4, 0.5) is 11.5 Å². The molecule has 0 bridgehead atoms. The number of aromatic amines is 1. The number of nitrogens with zero attached hydrogens (tertiary/aromatic N) is 2. The molecule has 2 heterocycles. The predicted octanol–water partition coefficient (Wildman–Crippen LogP) is 2.69. The van der Waals surface area contributed by atoms with Gasteiger partial charge in [0.25, 0.3) is 11.5 Å². The van der Waals surface area contributed by atoms with Crippen LogP contribution in [0, 0.1) is 0 Å². The zero-order chi connectivity index (χ0) is 18.6. The van der Waals surface area contributed by atoms with Crippen molar-refractivity contribution in [3.8, 4) is 0 Å². The molecule has 7 nitrogen and oxygen atoms in total. The summed E-state index contributed by atoms with van der Waals surface area (Å²) < 4.78 is 1.77. The Bertz CT molecular complexity index is 871. The van der Waals surface area contributed by atoms with E-state index in [4.69, 9.17) is 17.3 Å². The highest BCUT2D eigenvalue weighted by Gasteiger charge is 2.25. The molecule has 0 fully saturated rings. The number of halogens is 1. The van der Waals surface area contributed by atoms with E-state index in [1.165, 1.54) is 9.47 Å². The summed E-state index contributed by atoms with van der Waals surface area (Å²) in [5.74, 6) is -0.355. The number of carbonyl (C=O) groups excluding carboxylic acids is 1. The number of amides is 1. The van der Waals surface area contributed by atoms with E-state index in [9.17, 15) is 14.4 Å². The third-order valence-corrected chi connectivity index (χ3v) is 4.91. The fourth-order valence-corrected chi connectivity index (χ4v) is 3.47. The van der Waals surface area contributed by atoms with Gasteiger partial charge in [-0.1, -0.05) is 31.9 Å². The van der Waals surface area contributed by atoms with Gasteiger partial charge in [0, 0.05) is 13.1 Å². The van der Waals surface area contributed by atoms with E-state index >= 15 is 0 Å². The van der Waals surface area contributed by atoms with Crippen LogP contribution < -0.4 is 21.9 Å². The third-order valence-electron chi connectivity index (χ3n) is 3.70. The lowest BCUT2D eigenvalue weighted by Gasteiger charge is -2.24. The van der Waals surface area contributed by atoms with Gasteiger partial charge in [0.05, 0.1) is 9.21 Å². The van der Waals surface area contributed by atoms with E-state index in [1.54, 1.807) is 12.1 Å². The van der Waals surface area contributed by atoms with E-state index in [1.807, 2.05) is 13.8 Å². The Morgan fingerprint density at radius 1 is 1.32 bits per heavy atom. The summed E-state index contributed by atoms with van der Waals surface area (Å²) in [4.78, 5) is 41.3. The first kappa shape index (κ1) is 19.3. The van der Waals surface area contributed by atoms with E-state index in [0.717, 1.165) is 17.8 Å². The van der Waals surface area contributed by atoms with Crippen LogP contribution >= 0.6 is 22.9 Å². The van der Waals surface area contributed by atoms with Crippen molar-refractivity contribution >= 4 is 40.4 Å². The molecule has 2 aromatic heterocycles. The summed E-state index contributed by atoms with van der Waals surface area (Å²) in [6, 6.07) is 3.24. The topological polar surface area (TPSA) is 101 Å². The van der Waals surface area contributed by atoms with Crippen molar-refractivity contribution in [1.29, 1.82) is 0 Å². The van der Waals surface area contributed by atoms with Crippen LogP contribution in [0.5, 0.6) is 0 Å². The molecular formula is C16H21ClN4O3S. The Kier molecular flexibility index (Phi) is 6.44. The van der Waals surface area contributed by atoms with Gasteiger partial charge in [-0.3, -0.25) is 24.0 Å². The molecule has 0 atom stereocenters. The predicted molar refractivity (Wildman–Crippen MR) is 102 cm³/mol. The molecule has 1 amide bonds. The molecule has 25 heavy (non-hydrogen) atoms. The summed E-state index contributed by atoms with van der Waals surface area (Å²) in [6.07, 6.45) is 2.19. The molecule has 0 saturated heterocycles. The molecule has 136 valence electrons. The number of unbranched alkanes of at least 4 members (excludes halogenated alkanes) is 1. The summed E-state index contributed by atoms with van der Waals surface area (Å²) in [5.41, 5.74) is 4.86. The van der Waals surface area contributed by atoms with Crippen molar-refractivity contribution in [1.82, 2.24) is 9.55 Å². The van der Waals surface area contributed by atoms with Crippen molar-refractivity contribution in [2.24, 2.45) is 0 Å². The fraction of sp³-hybridized carbons (Fsp3) is 0.438. The van der Waals surface area contributed by atoms with Gasteiger partial charge in [-0.15, -0.1) is 11.3 Å². The Morgan fingerprint density at radius 3 is 2.60 bits per heavy atom. The van der Waals surface area contributed by atoms with E-state index in [-0.39, 0.29) is 17.4 Å². The molecule has 0 spiro atoms. The van der Waals surface area contributed by atoms with Crippen molar-refractivity contribution in [2.75, 3.05) is 17.2 Å². The molecule has 2 aromatic rings. The standard InChI is InChI=1S/C16H21ClN4O3S/c1-3-5-9-20(15(23)10-6-7-11(17)25-10)12-13(18)21(8-4-2)16(24)19-14(12)22/h6-7H,3-5,8-9,18H2,1-2H3,(H,19,22,24). The molecule has 2 rings (SSSR count). The van der Waals surface area contributed by atoms with E-state index < -0.39 is 11.2 Å². The van der Waals surface area contributed by atoms with Gasteiger partial charge in [0.15, 0.2) is 5.69 Å². The number of anilines is 2. The molecular weight excluding hydrogens is 364 g/mol. The highest BCUT2D eigenvalue weighted by atomic mass is 35.5. The highest BCUT2D eigenvalue weighted by Crippen LogP contribution is 2.26. The maximum Gasteiger partial charge on any atom is 0.330 e. The lowest BCUT2D eigenvalue weighted by Crippen LogP contribution is -2.41. The number of hydrogen-bond acceptors (Lipinski definition) is 5. The SMILES string of the molecule is CCCCN(C(=O)c1ccc(Cl)s1)c1c(N)n(CCC)c(=O)[nH]c1=O. The van der Waals surface area contributed by atoms with Gasteiger partial charge in [0.2, 0.25) is 0 Å². The van der Waals surface area contributed by atoms with Crippen molar-refractivity contribution in [2.45, 2.75) is 39.7 Å².